The third-order valence-corrected chi connectivity index (χ3v) is 4.30. The summed E-state index contributed by atoms with van der Waals surface area (Å²) in [5, 5.41) is 0. The number of rotatable bonds is 9. The van der Waals surface area contributed by atoms with Crippen LogP contribution in [0.1, 0.15) is 16.9 Å². The first-order chi connectivity index (χ1) is 14.6. The van der Waals surface area contributed by atoms with Crippen molar-refractivity contribution >= 4 is 12.0 Å². The molecule has 1 amide bonds. The number of ether oxygens (including phenoxy) is 2. The van der Waals surface area contributed by atoms with Gasteiger partial charge in [-0.15, -0.1) is 0 Å². The van der Waals surface area contributed by atoms with Gasteiger partial charge in [0.2, 0.25) is 5.91 Å². The molecule has 5 nitrogen and oxygen atoms in total. The average Bonchev–Trinajstić information content (AvgIpc) is 3.26. The SMILES string of the molecule is COc1cccc(/C=C/C(=O)N(Cc2ccccc2)Cc2ccco2)c1OC(F)F. The van der Waals surface area contributed by atoms with Crippen molar-refractivity contribution in [1.29, 1.82) is 0 Å². The van der Waals surface area contributed by atoms with Crippen LogP contribution in [0, 0.1) is 0 Å². The molecule has 7 heteroatoms. The van der Waals surface area contributed by atoms with Gasteiger partial charge in [0.05, 0.1) is 19.9 Å². The van der Waals surface area contributed by atoms with Crippen LogP contribution in [0.5, 0.6) is 11.5 Å². The third-order valence-electron chi connectivity index (χ3n) is 4.30. The van der Waals surface area contributed by atoms with Crippen molar-refractivity contribution in [2.75, 3.05) is 7.11 Å². The molecule has 0 fully saturated rings. The molecule has 3 aromatic rings. The van der Waals surface area contributed by atoms with E-state index in [9.17, 15) is 13.6 Å². The Kier molecular flexibility index (Phi) is 7.21. The zero-order chi connectivity index (χ0) is 21.3. The molecular formula is C23H21F2NO4. The van der Waals surface area contributed by atoms with Gasteiger partial charge in [-0.05, 0) is 29.8 Å². The first kappa shape index (κ1) is 21.1. The van der Waals surface area contributed by atoms with Gasteiger partial charge in [-0.3, -0.25) is 4.79 Å². The Hall–Kier alpha value is -3.61. The Morgan fingerprint density at radius 1 is 1.07 bits per heavy atom. The molecule has 1 heterocycles. The number of alkyl halides is 2. The minimum Gasteiger partial charge on any atom is -0.493 e. The van der Waals surface area contributed by atoms with Crippen LogP contribution in [0.4, 0.5) is 8.78 Å². The summed E-state index contributed by atoms with van der Waals surface area (Å²) in [7, 11) is 1.36. The third kappa shape index (κ3) is 5.70. The Labute approximate surface area is 173 Å². The van der Waals surface area contributed by atoms with Gasteiger partial charge in [0.1, 0.15) is 5.76 Å². The number of hydrogen-bond acceptors (Lipinski definition) is 4. The van der Waals surface area contributed by atoms with Crippen LogP contribution in [0.2, 0.25) is 0 Å². The zero-order valence-corrected chi connectivity index (χ0v) is 16.3. The van der Waals surface area contributed by atoms with Crippen LogP contribution in [-0.4, -0.2) is 24.5 Å². The van der Waals surface area contributed by atoms with E-state index >= 15 is 0 Å². The number of furan rings is 1. The molecule has 156 valence electrons. The van der Waals surface area contributed by atoms with Gasteiger partial charge < -0.3 is 18.8 Å². The monoisotopic (exact) mass is 413 g/mol. The summed E-state index contributed by atoms with van der Waals surface area (Å²) in [6.45, 7) is -2.38. The summed E-state index contributed by atoms with van der Waals surface area (Å²) in [5.41, 5.74) is 1.26. The fourth-order valence-corrected chi connectivity index (χ4v) is 2.91. The molecule has 0 unspecified atom stereocenters. The molecule has 0 aliphatic rings. The van der Waals surface area contributed by atoms with Gasteiger partial charge in [0.15, 0.2) is 11.5 Å². The van der Waals surface area contributed by atoms with E-state index in [1.54, 1.807) is 35.4 Å². The molecule has 3 rings (SSSR count). The quantitative estimate of drug-likeness (QED) is 0.456. The maximum absolute atomic E-state index is 12.9. The highest BCUT2D eigenvalue weighted by molar-refractivity contribution is 5.92. The topological polar surface area (TPSA) is 51.9 Å². The van der Waals surface area contributed by atoms with E-state index in [2.05, 4.69) is 4.74 Å². The molecule has 0 aliphatic carbocycles. The van der Waals surface area contributed by atoms with Gasteiger partial charge in [0.25, 0.3) is 0 Å². The largest absolute Gasteiger partial charge is 0.493 e. The van der Waals surface area contributed by atoms with Crippen molar-refractivity contribution in [2.45, 2.75) is 19.7 Å². The second kappa shape index (κ2) is 10.2. The molecule has 0 spiro atoms. The molecule has 0 aliphatic heterocycles. The first-order valence-corrected chi connectivity index (χ1v) is 9.22. The maximum atomic E-state index is 12.9. The predicted molar refractivity (Wildman–Crippen MR) is 108 cm³/mol. The standard InChI is InChI=1S/C23H21F2NO4/c1-28-20-11-5-9-18(22(20)30-23(24)25)12-13-21(27)26(16-19-10-6-14-29-19)15-17-7-3-2-4-8-17/h2-14,23H,15-16H2,1H3/b13-12+. The molecule has 30 heavy (non-hydrogen) atoms. The molecule has 0 radical (unpaired) electrons. The van der Waals surface area contributed by atoms with Crippen molar-refractivity contribution in [3.8, 4) is 11.5 Å². The fourth-order valence-electron chi connectivity index (χ4n) is 2.91. The van der Waals surface area contributed by atoms with E-state index in [0.717, 1.165) is 5.56 Å². The summed E-state index contributed by atoms with van der Waals surface area (Å²) in [4.78, 5) is 14.5. The first-order valence-electron chi connectivity index (χ1n) is 9.22. The number of amides is 1. The molecule has 0 saturated carbocycles. The van der Waals surface area contributed by atoms with Crippen LogP contribution < -0.4 is 9.47 Å². The van der Waals surface area contributed by atoms with Crippen LogP contribution in [0.15, 0.2) is 77.4 Å². The Bertz CT molecular complexity index is 972. The normalized spacial score (nSPS) is 11.1. The second-order valence-corrected chi connectivity index (χ2v) is 6.35. The highest BCUT2D eigenvalue weighted by Crippen LogP contribution is 2.33. The number of methoxy groups -OCH3 is 1. The van der Waals surface area contributed by atoms with Crippen LogP contribution in [-0.2, 0) is 17.9 Å². The van der Waals surface area contributed by atoms with Gasteiger partial charge in [-0.25, -0.2) is 0 Å². The van der Waals surface area contributed by atoms with Crippen molar-refractivity contribution in [2.24, 2.45) is 0 Å². The van der Waals surface area contributed by atoms with E-state index in [0.29, 0.717) is 17.9 Å². The predicted octanol–water partition coefficient (Wildman–Crippen LogP) is 5.13. The van der Waals surface area contributed by atoms with Crippen molar-refractivity contribution in [3.05, 3.63) is 89.9 Å². The van der Waals surface area contributed by atoms with Crippen LogP contribution in [0.3, 0.4) is 0 Å². The molecule has 1 aromatic heterocycles. The summed E-state index contributed by atoms with van der Waals surface area (Å²) >= 11 is 0. The fraction of sp³-hybridized carbons (Fsp3) is 0.174. The minimum absolute atomic E-state index is 0.125. The lowest BCUT2D eigenvalue weighted by Gasteiger charge is -2.20. The van der Waals surface area contributed by atoms with Crippen molar-refractivity contribution in [1.82, 2.24) is 4.90 Å². The molecule has 2 aromatic carbocycles. The number of para-hydroxylation sites is 1. The summed E-state index contributed by atoms with van der Waals surface area (Å²) in [5.74, 6) is 0.359. The molecular weight excluding hydrogens is 392 g/mol. The Balaban J connectivity index is 1.83. The van der Waals surface area contributed by atoms with Gasteiger partial charge in [-0.2, -0.15) is 8.78 Å². The van der Waals surface area contributed by atoms with Crippen LogP contribution >= 0.6 is 0 Å². The molecule has 0 saturated heterocycles. The van der Waals surface area contributed by atoms with Crippen molar-refractivity contribution in [3.63, 3.8) is 0 Å². The van der Waals surface area contributed by atoms with Gasteiger partial charge in [-0.1, -0.05) is 42.5 Å². The lowest BCUT2D eigenvalue weighted by molar-refractivity contribution is -0.127. The van der Waals surface area contributed by atoms with Crippen molar-refractivity contribution < 1.29 is 27.5 Å². The Morgan fingerprint density at radius 2 is 1.87 bits per heavy atom. The summed E-state index contributed by atoms with van der Waals surface area (Å²) in [6.07, 6.45) is 4.29. The zero-order valence-electron chi connectivity index (χ0n) is 16.3. The van der Waals surface area contributed by atoms with Gasteiger partial charge in [0, 0.05) is 18.2 Å². The smallest absolute Gasteiger partial charge is 0.387 e. The van der Waals surface area contributed by atoms with E-state index in [4.69, 9.17) is 9.15 Å². The second-order valence-electron chi connectivity index (χ2n) is 6.35. The number of carbonyl (C=O) groups is 1. The lowest BCUT2D eigenvalue weighted by Crippen LogP contribution is -2.28. The molecule has 0 bridgehead atoms. The minimum atomic E-state index is -3.02. The molecule has 0 atom stereocenters. The number of hydrogen-bond donors (Lipinski definition) is 0. The Morgan fingerprint density at radius 3 is 2.53 bits per heavy atom. The van der Waals surface area contributed by atoms with Gasteiger partial charge >= 0.3 is 6.61 Å². The molecule has 0 N–H and O–H groups in total. The number of carbonyl (C=O) groups excluding carboxylic acids is 1. The maximum Gasteiger partial charge on any atom is 0.387 e. The average molecular weight is 413 g/mol. The summed E-state index contributed by atoms with van der Waals surface area (Å²) < 4.78 is 40.7. The van der Waals surface area contributed by atoms with E-state index in [1.807, 2.05) is 30.3 Å². The lowest BCUT2D eigenvalue weighted by atomic mass is 10.1. The van der Waals surface area contributed by atoms with E-state index in [-0.39, 0.29) is 24.0 Å². The number of nitrogens with zero attached hydrogens (tertiary/aromatic N) is 1. The van der Waals surface area contributed by atoms with Crippen LogP contribution in [0.25, 0.3) is 6.08 Å². The van der Waals surface area contributed by atoms with E-state index < -0.39 is 6.61 Å². The summed E-state index contributed by atoms with van der Waals surface area (Å²) in [6, 6.07) is 17.8. The highest BCUT2D eigenvalue weighted by Gasteiger charge is 2.16. The number of benzene rings is 2. The number of halogens is 2. The van der Waals surface area contributed by atoms with E-state index in [1.165, 1.54) is 25.3 Å². The highest BCUT2D eigenvalue weighted by atomic mass is 19.3.